The number of Topliss-reactive ketones (excluding diaryl/α,β-unsaturated/α-hetero) is 1. The number of nitrogens with one attached hydrogen (secondary N) is 2. The zero-order valence-corrected chi connectivity index (χ0v) is 17.8. The van der Waals surface area contributed by atoms with Crippen molar-refractivity contribution in [2.75, 3.05) is 10.6 Å². The minimum absolute atomic E-state index is 0.00366. The molecule has 0 radical (unpaired) electrons. The molecule has 0 aromatic heterocycles. The highest BCUT2D eigenvalue weighted by atomic mass is 35.5. The van der Waals surface area contributed by atoms with Crippen molar-refractivity contribution in [2.45, 2.75) is 31.7 Å². The highest BCUT2D eigenvalue weighted by molar-refractivity contribution is 6.31. The summed E-state index contributed by atoms with van der Waals surface area (Å²) in [5, 5.41) is 7.16. The zero-order chi connectivity index (χ0) is 21.5. The number of halogens is 2. The summed E-state index contributed by atoms with van der Waals surface area (Å²) in [6.45, 7) is 2.05. The second kappa shape index (κ2) is 7.86. The molecule has 0 fully saturated rings. The van der Waals surface area contributed by atoms with Crippen LogP contribution in [-0.4, -0.2) is 5.78 Å². The summed E-state index contributed by atoms with van der Waals surface area (Å²) in [5.41, 5.74) is 5.68. The standard InChI is InChI=1S/C26H22ClFN2O/c1-15-9-11-16(12-10-15)17-13-22-25(23(31)14-17)26(24-18(27)5-4-6-19(24)28)30-21-8-3-2-7-20(21)29-22/h2-12,17,26,29-30H,13-14H2,1H3/t17-,26+/m0/s1. The predicted molar refractivity (Wildman–Crippen MR) is 123 cm³/mol. The topological polar surface area (TPSA) is 41.1 Å². The lowest BCUT2D eigenvalue weighted by Crippen LogP contribution is -2.27. The molecule has 0 saturated carbocycles. The van der Waals surface area contributed by atoms with Gasteiger partial charge in [-0.1, -0.05) is 59.6 Å². The van der Waals surface area contributed by atoms with E-state index in [1.54, 1.807) is 12.1 Å². The van der Waals surface area contributed by atoms with Crippen LogP contribution in [0.2, 0.25) is 5.02 Å². The van der Waals surface area contributed by atoms with Crippen LogP contribution in [0, 0.1) is 12.7 Å². The maximum Gasteiger partial charge on any atom is 0.163 e. The van der Waals surface area contributed by atoms with Crippen LogP contribution in [0.15, 0.2) is 78.0 Å². The lowest BCUT2D eigenvalue weighted by molar-refractivity contribution is -0.116. The smallest absolute Gasteiger partial charge is 0.163 e. The first-order valence-corrected chi connectivity index (χ1v) is 10.8. The molecule has 1 aliphatic carbocycles. The molecule has 5 rings (SSSR count). The van der Waals surface area contributed by atoms with Gasteiger partial charge in [0.05, 0.1) is 17.4 Å². The maximum absolute atomic E-state index is 14.9. The summed E-state index contributed by atoms with van der Waals surface area (Å²) < 4.78 is 14.9. The molecule has 1 aliphatic heterocycles. The summed E-state index contributed by atoms with van der Waals surface area (Å²) in [5.74, 6) is -0.352. The van der Waals surface area contributed by atoms with E-state index in [9.17, 15) is 9.18 Å². The van der Waals surface area contributed by atoms with Gasteiger partial charge in [0.15, 0.2) is 5.78 Å². The number of carbonyl (C=O) groups excluding carboxylic acids is 1. The number of benzene rings is 3. The molecule has 0 bridgehead atoms. The van der Waals surface area contributed by atoms with E-state index < -0.39 is 11.9 Å². The van der Waals surface area contributed by atoms with Crippen LogP contribution >= 0.6 is 11.6 Å². The van der Waals surface area contributed by atoms with Gasteiger partial charge in [0, 0.05) is 28.3 Å². The Balaban J connectivity index is 1.64. The number of ketones is 1. The summed E-state index contributed by atoms with van der Waals surface area (Å²) in [6.07, 6.45) is 1.05. The van der Waals surface area contributed by atoms with Crippen molar-refractivity contribution in [3.63, 3.8) is 0 Å². The summed E-state index contributed by atoms with van der Waals surface area (Å²) >= 11 is 6.43. The molecule has 2 N–H and O–H groups in total. The molecule has 0 spiro atoms. The number of aryl methyl sites for hydroxylation is 1. The number of hydrogen-bond acceptors (Lipinski definition) is 3. The molecule has 0 saturated heterocycles. The van der Waals surface area contributed by atoms with E-state index in [2.05, 4.69) is 41.8 Å². The van der Waals surface area contributed by atoms with Gasteiger partial charge < -0.3 is 10.6 Å². The number of rotatable bonds is 2. The third kappa shape index (κ3) is 3.61. The van der Waals surface area contributed by atoms with E-state index in [1.165, 1.54) is 11.6 Å². The highest BCUT2D eigenvalue weighted by Crippen LogP contribution is 2.45. The van der Waals surface area contributed by atoms with Gasteiger partial charge in [-0.3, -0.25) is 4.79 Å². The maximum atomic E-state index is 14.9. The van der Waals surface area contributed by atoms with Gasteiger partial charge in [-0.25, -0.2) is 4.39 Å². The van der Waals surface area contributed by atoms with Crippen LogP contribution < -0.4 is 10.6 Å². The molecule has 5 heteroatoms. The summed E-state index contributed by atoms with van der Waals surface area (Å²) in [6, 6.07) is 20.0. The fourth-order valence-corrected chi connectivity index (χ4v) is 4.84. The quantitative estimate of drug-likeness (QED) is 0.469. The first kappa shape index (κ1) is 19.8. The van der Waals surface area contributed by atoms with Crippen LogP contribution in [0.4, 0.5) is 15.8 Å². The van der Waals surface area contributed by atoms with E-state index in [0.717, 1.165) is 22.6 Å². The molecular weight excluding hydrogens is 411 g/mol. The Morgan fingerprint density at radius 3 is 2.42 bits per heavy atom. The fraction of sp³-hybridized carbons (Fsp3) is 0.192. The van der Waals surface area contributed by atoms with Crippen molar-refractivity contribution < 1.29 is 9.18 Å². The number of anilines is 2. The minimum atomic E-state index is -0.661. The third-order valence-corrected chi connectivity index (χ3v) is 6.48. The second-order valence-electron chi connectivity index (χ2n) is 8.21. The highest BCUT2D eigenvalue weighted by Gasteiger charge is 2.37. The summed E-state index contributed by atoms with van der Waals surface area (Å²) in [4.78, 5) is 13.5. The van der Waals surface area contributed by atoms with E-state index in [0.29, 0.717) is 29.0 Å². The van der Waals surface area contributed by atoms with Gasteiger partial charge in [-0.05, 0) is 49.1 Å². The van der Waals surface area contributed by atoms with Gasteiger partial charge in [-0.2, -0.15) is 0 Å². The SMILES string of the molecule is Cc1ccc([C@@H]2CC(=O)C3=C(C2)Nc2ccccc2N[C@@H]3c2c(F)cccc2Cl)cc1. The minimum Gasteiger partial charge on any atom is -0.372 e. The van der Waals surface area contributed by atoms with E-state index in [1.807, 2.05) is 24.3 Å². The molecule has 3 nitrogen and oxygen atoms in total. The van der Waals surface area contributed by atoms with E-state index in [-0.39, 0.29) is 11.7 Å². The van der Waals surface area contributed by atoms with Crippen molar-refractivity contribution in [3.8, 4) is 0 Å². The largest absolute Gasteiger partial charge is 0.372 e. The number of carbonyl (C=O) groups is 1. The lowest BCUT2D eigenvalue weighted by atomic mass is 9.78. The molecular formula is C26H22ClFN2O. The molecule has 2 aliphatic rings. The van der Waals surface area contributed by atoms with Gasteiger partial charge in [0.2, 0.25) is 0 Å². The van der Waals surface area contributed by atoms with Crippen LogP contribution in [0.5, 0.6) is 0 Å². The van der Waals surface area contributed by atoms with Crippen LogP contribution in [0.1, 0.15) is 41.5 Å². The monoisotopic (exact) mass is 432 g/mol. The van der Waals surface area contributed by atoms with Crippen molar-refractivity contribution in [1.82, 2.24) is 0 Å². The number of allylic oxidation sites excluding steroid dienone is 1. The third-order valence-electron chi connectivity index (χ3n) is 6.15. The van der Waals surface area contributed by atoms with Crippen LogP contribution in [0.25, 0.3) is 0 Å². The molecule has 3 aromatic carbocycles. The Labute approximate surface area is 185 Å². The molecule has 3 aromatic rings. The van der Waals surface area contributed by atoms with Gasteiger partial charge in [-0.15, -0.1) is 0 Å². The zero-order valence-electron chi connectivity index (χ0n) is 17.1. The van der Waals surface area contributed by atoms with Crippen LogP contribution in [-0.2, 0) is 4.79 Å². The molecule has 31 heavy (non-hydrogen) atoms. The normalized spacial score (nSPS) is 20.3. The summed E-state index contributed by atoms with van der Waals surface area (Å²) in [7, 11) is 0. The fourth-order valence-electron chi connectivity index (χ4n) is 4.57. The van der Waals surface area contributed by atoms with Crippen molar-refractivity contribution >= 4 is 28.8 Å². The second-order valence-corrected chi connectivity index (χ2v) is 8.62. The Hall–Kier alpha value is -3.11. The average molecular weight is 433 g/mol. The number of hydrogen-bond donors (Lipinski definition) is 2. The Kier molecular flexibility index (Phi) is 5.03. The van der Waals surface area contributed by atoms with Gasteiger partial charge in [0.1, 0.15) is 5.82 Å². The van der Waals surface area contributed by atoms with Crippen LogP contribution in [0.3, 0.4) is 0 Å². The number of fused-ring (bicyclic) bond motifs is 1. The molecule has 0 unspecified atom stereocenters. The van der Waals surface area contributed by atoms with E-state index in [4.69, 9.17) is 11.6 Å². The van der Waals surface area contributed by atoms with Crippen molar-refractivity contribution in [3.05, 3.63) is 106 Å². The first-order chi connectivity index (χ1) is 15.0. The molecule has 0 amide bonds. The van der Waals surface area contributed by atoms with Crippen molar-refractivity contribution in [1.29, 1.82) is 0 Å². The number of para-hydroxylation sites is 2. The van der Waals surface area contributed by atoms with Crippen molar-refractivity contribution in [2.24, 2.45) is 0 Å². The van der Waals surface area contributed by atoms with Gasteiger partial charge >= 0.3 is 0 Å². The Morgan fingerprint density at radius 2 is 1.68 bits per heavy atom. The molecule has 2 atom stereocenters. The Morgan fingerprint density at radius 1 is 0.935 bits per heavy atom. The van der Waals surface area contributed by atoms with Gasteiger partial charge in [0.25, 0.3) is 0 Å². The molecule has 156 valence electrons. The average Bonchev–Trinajstić information content (AvgIpc) is 2.91. The van der Waals surface area contributed by atoms with E-state index >= 15 is 0 Å². The predicted octanol–water partition coefficient (Wildman–Crippen LogP) is 6.77. The molecule has 1 heterocycles. The first-order valence-electron chi connectivity index (χ1n) is 10.4. The Bertz CT molecular complexity index is 1180. The lowest BCUT2D eigenvalue weighted by Gasteiger charge is -2.30.